The minimum atomic E-state index is -0.181. The molecule has 0 fully saturated rings. The molecule has 0 spiro atoms. The van der Waals surface area contributed by atoms with E-state index in [1.54, 1.807) is 14.2 Å². The smallest absolute Gasteiger partial charge is 0.224 e. The highest BCUT2D eigenvalue weighted by atomic mass is 16.5. The molecule has 0 saturated heterocycles. The van der Waals surface area contributed by atoms with Crippen molar-refractivity contribution in [2.45, 2.75) is 44.9 Å². The molecule has 2 rings (SSSR count). The summed E-state index contributed by atoms with van der Waals surface area (Å²) in [5.74, 6) is 1.12. The third kappa shape index (κ3) is 15.7. The van der Waals surface area contributed by atoms with Gasteiger partial charge in [-0.25, -0.2) is 0 Å². The predicted octanol–water partition coefficient (Wildman–Crippen LogP) is 3.76. The Bertz CT molecular complexity index is 1030. The summed E-state index contributed by atoms with van der Waals surface area (Å²) in [7, 11) is 5.19. The Morgan fingerprint density at radius 1 is 0.667 bits per heavy atom. The Balaban J connectivity index is 1.51. The van der Waals surface area contributed by atoms with Gasteiger partial charge in [0.15, 0.2) is 11.5 Å². The molecule has 0 heterocycles. The van der Waals surface area contributed by atoms with E-state index < -0.39 is 0 Å². The van der Waals surface area contributed by atoms with E-state index in [1.165, 1.54) is 5.56 Å². The minimum Gasteiger partial charge on any atom is -0.493 e. The zero-order valence-corrected chi connectivity index (χ0v) is 25.5. The van der Waals surface area contributed by atoms with Gasteiger partial charge in [0.25, 0.3) is 0 Å². The lowest BCUT2D eigenvalue weighted by molar-refractivity contribution is -0.124. The summed E-state index contributed by atoms with van der Waals surface area (Å²) >= 11 is 0. The molecule has 0 aliphatic rings. The number of benzene rings is 2. The minimum absolute atomic E-state index is 0.127. The van der Waals surface area contributed by atoms with E-state index in [4.69, 9.17) is 23.7 Å². The van der Waals surface area contributed by atoms with Crippen molar-refractivity contribution in [3.63, 3.8) is 0 Å². The fourth-order valence-electron chi connectivity index (χ4n) is 4.17. The molecule has 0 atom stereocenters. The second-order valence-corrected chi connectivity index (χ2v) is 9.79. The normalized spacial score (nSPS) is 10.8. The standard InChI is InChI=1S/C32H49N3O7/c1-33-16-6-18-40-20-22-42-23-21-41-19-7-17-34-31(36)14-15-32(37)35-28-11-5-10-26(24-28)8-4-9-27-12-13-29(38-2)30(25-27)39-3/h5,10-13,24-25,33H,4,6-9,14-23H2,1-3H3,(H,34,36)(H,35,37). The van der Waals surface area contributed by atoms with Gasteiger partial charge in [-0.1, -0.05) is 18.2 Å². The van der Waals surface area contributed by atoms with Crippen LogP contribution < -0.4 is 25.4 Å². The largest absolute Gasteiger partial charge is 0.493 e. The molecular formula is C32H49N3O7. The number of amides is 2. The number of ether oxygens (including phenoxy) is 5. The van der Waals surface area contributed by atoms with Gasteiger partial charge in [-0.3, -0.25) is 9.59 Å². The maximum Gasteiger partial charge on any atom is 0.224 e. The zero-order chi connectivity index (χ0) is 30.3. The zero-order valence-electron chi connectivity index (χ0n) is 25.5. The van der Waals surface area contributed by atoms with Crippen molar-refractivity contribution in [3.05, 3.63) is 53.6 Å². The van der Waals surface area contributed by atoms with Crippen LogP contribution in [0.25, 0.3) is 0 Å². The highest BCUT2D eigenvalue weighted by Gasteiger charge is 2.08. The molecule has 0 unspecified atom stereocenters. The number of aryl methyl sites for hydroxylation is 2. The SMILES string of the molecule is CNCCCOCCOCCOCCCNC(=O)CCC(=O)Nc1cccc(CCCc2ccc(OC)c(OC)c2)c1. The second kappa shape index (κ2) is 22.4. The van der Waals surface area contributed by atoms with Crippen LogP contribution in [0.2, 0.25) is 0 Å². The number of hydrogen-bond acceptors (Lipinski definition) is 8. The van der Waals surface area contributed by atoms with Crippen molar-refractivity contribution < 1.29 is 33.3 Å². The molecule has 0 aromatic heterocycles. The number of carbonyl (C=O) groups is 2. The van der Waals surface area contributed by atoms with Crippen LogP contribution in [0.1, 0.15) is 43.2 Å². The number of anilines is 1. The molecule has 3 N–H and O–H groups in total. The van der Waals surface area contributed by atoms with Crippen molar-refractivity contribution >= 4 is 17.5 Å². The Morgan fingerprint density at radius 3 is 1.95 bits per heavy atom. The summed E-state index contributed by atoms with van der Waals surface area (Å²) < 4.78 is 27.1. The Kier molecular flexibility index (Phi) is 18.7. The fourth-order valence-corrected chi connectivity index (χ4v) is 4.17. The van der Waals surface area contributed by atoms with Gasteiger partial charge in [0, 0.05) is 38.3 Å². The molecule has 10 nitrogen and oxygen atoms in total. The van der Waals surface area contributed by atoms with E-state index in [0.717, 1.165) is 61.6 Å². The van der Waals surface area contributed by atoms with Crippen LogP contribution in [0.3, 0.4) is 0 Å². The monoisotopic (exact) mass is 587 g/mol. The quantitative estimate of drug-likeness (QED) is 0.159. The molecule has 0 aliphatic heterocycles. The maximum absolute atomic E-state index is 12.4. The number of nitrogens with one attached hydrogen (secondary N) is 3. The van der Waals surface area contributed by atoms with Crippen molar-refractivity contribution in [1.82, 2.24) is 10.6 Å². The molecule has 0 aliphatic carbocycles. The summed E-state index contributed by atoms with van der Waals surface area (Å²) in [5.41, 5.74) is 3.06. The molecule has 2 amide bonds. The lowest BCUT2D eigenvalue weighted by atomic mass is 10.0. The first-order valence-corrected chi connectivity index (χ1v) is 14.8. The summed E-state index contributed by atoms with van der Waals surface area (Å²) in [6.07, 6.45) is 4.70. The number of carbonyl (C=O) groups excluding carboxylic acids is 2. The molecule has 0 radical (unpaired) electrons. The maximum atomic E-state index is 12.4. The Morgan fingerprint density at radius 2 is 1.29 bits per heavy atom. The molecule has 10 heteroatoms. The lowest BCUT2D eigenvalue weighted by Crippen LogP contribution is -2.26. The average molecular weight is 588 g/mol. The topological polar surface area (TPSA) is 116 Å². The first-order chi connectivity index (χ1) is 20.5. The number of methoxy groups -OCH3 is 2. The molecule has 0 saturated carbocycles. The average Bonchev–Trinajstić information content (AvgIpc) is 3.00. The van der Waals surface area contributed by atoms with E-state index >= 15 is 0 Å². The molecule has 0 bridgehead atoms. The van der Waals surface area contributed by atoms with Crippen LogP contribution >= 0.6 is 0 Å². The van der Waals surface area contributed by atoms with Crippen molar-refractivity contribution in [2.75, 3.05) is 79.3 Å². The Labute approximate surface area is 250 Å². The van der Waals surface area contributed by atoms with E-state index in [1.807, 2.05) is 43.4 Å². The highest BCUT2D eigenvalue weighted by Crippen LogP contribution is 2.28. The van der Waals surface area contributed by atoms with Crippen LogP contribution in [0.4, 0.5) is 5.69 Å². The van der Waals surface area contributed by atoms with Crippen molar-refractivity contribution in [2.24, 2.45) is 0 Å². The van der Waals surface area contributed by atoms with Gasteiger partial charge in [-0.05, 0) is 81.1 Å². The predicted molar refractivity (Wildman–Crippen MR) is 165 cm³/mol. The van der Waals surface area contributed by atoms with Gasteiger partial charge in [0.2, 0.25) is 11.8 Å². The van der Waals surface area contributed by atoms with E-state index in [-0.39, 0.29) is 24.7 Å². The van der Waals surface area contributed by atoms with Gasteiger partial charge in [0.05, 0.1) is 40.6 Å². The lowest BCUT2D eigenvalue weighted by Gasteiger charge is -2.10. The van der Waals surface area contributed by atoms with E-state index in [0.29, 0.717) is 46.0 Å². The molecule has 2 aromatic carbocycles. The number of hydrogen-bond donors (Lipinski definition) is 3. The summed E-state index contributed by atoms with van der Waals surface area (Å²) in [6, 6.07) is 13.8. The number of rotatable bonds is 24. The second-order valence-electron chi connectivity index (χ2n) is 9.79. The van der Waals surface area contributed by atoms with E-state index in [2.05, 4.69) is 22.0 Å². The van der Waals surface area contributed by atoms with Gasteiger partial charge in [-0.15, -0.1) is 0 Å². The van der Waals surface area contributed by atoms with Gasteiger partial charge in [-0.2, -0.15) is 0 Å². The van der Waals surface area contributed by atoms with Crippen LogP contribution in [0.5, 0.6) is 11.5 Å². The van der Waals surface area contributed by atoms with Gasteiger partial charge < -0.3 is 39.6 Å². The van der Waals surface area contributed by atoms with Crippen molar-refractivity contribution in [1.29, 1.82) is 0 Å². The third-order valence-corrected chi connectivity index (χ3v) is 6.42. The van der Waals surface area contributed by atoms with Crippen LogP contribution in [-0.4, -0.2) is 85.8 Å². The highest BCUT2D eigenvalue weighted by molar-refractivity contribution is 5.93. The summed E-state index contributed by atoms with van der Waals surface area (Å²) in [5, 5.41) is 8.81. The van der Waals surface area contributed by atoms with Crippen molar-refractivity contribution in [3.8, 4) is 11.5 Å². The van der Waals surface area contributed by atoms with Crippen LogP contribution in [-0.2, 0) is 36.6 Å². The first-order valence-electron chi connectivity index (χ1n) is 14.8. The molecule has 42 heavy (non-hydrogen) atoms. The third-order valence-electron chi connectivity index (χ3n) is 6.42. The van der Waals surface area contributed by atoms with Gasteiger partial charge >= 0.3 is 0 Å². The molecular weight excluding hydrogens is 538 g/mol. The van der Waals surface area contributed by atoms with Crippen LogP contribution in [0.15, 0.2) is 42.5 Å². The first kappa shape index (κ1) is 35.0. The summed E-state index contributed by atoms with van der Waals surface area (Å²) in [6.45, 7) is 4.89. The molecule has 234 valence electrons. The Hall–Kier alpha value is -3.18. The van der Waals surface area contributed by atoms with E-state index in [9.17, 15) is 9.59 Å². The van der Waals surface area contributed by atoms with Gasteiger partial charge in [0.1, 0.15) is 0 Å². The molecule has 2 aromatic rings. The van der Waals surface area contributed by atoms with Crippen LogP contribution in [0, 0.1) is 0 Å². The summed E-state index contributed by atoms with van der Waals surface area (Å²) in [4.78, 5) is 24.5. The fraction of sp³-hybridized carbons (Fsp3) is 0.562.